The maximum absolute atomic E-state index is 12.4. The van der Waals surface area contributed by atoms with Crippen molar-refractivity contribution in [3.63, 3.8) is 0 Å². The van der Waals surface area contributed by atoms with Gasteiger partial charge in [0.25, 0.3) is 5.91 Å². The monoisotopic (exact) mass is 388 g/mol. The summed E-state index contributed by atoms with van der Waals surface area (Å²) in [7, 11) is 0. The molecule has 0 aliphatic carbocycles. The Kier molecular flexibility index (Phi) is 4.91. The Hall–Kier alpha value is -3.44. The molecule has 0 atom stereocenters. The van der Waals surface area contributed by atoms with Crippen LogP contribution in [0.4, 0.5) is 5.82 Å². The van der Waals surface area contributed by atoms with Crippen LogP contribution >= 0.6 is 11.6 Å². The third-order valence-corrected chi connectivity index (χ3v) is 4.47. The normalized spacial score (nSPS) is 10.6. The minimum atomic E-state index is -0.235. The zero-order chi connectivity index (χ0) is 19.5. The van der Waals surface area contributed by atoms with Gasteiger partial charge in [-0.25, -0.2) is 9.67 Å². The van der Waals surface area contributed by atoms with E-state index in [0.717, 1.165) is 22.6 Å². The molecule has 28 heavy (non-hydrogen) atoms. The largest absolute Gasteiger partial charge is 0.307 e. The molecule has 0 spiro atoms. The first kappa shape index (κ1) is 17.9. The number of carbonyl (C=O) groups excluding carboxylic acids is 1. The predicted molar refractivity (Wildman–Crippen MR) is 111 cm³/mol. The number of aromatic nitrogens is 3. The molecule has 5 nitrogen and oxygen atoms in total. The van der Waals surface area contributed by atoms with Crippen LogP contribution in [0.25, 0.3) is 16.9 Å². The second kappa shape index (κ2) is 7.66. The number of halogens is 1. The number of hydrogen-bond acceptors (Lipinski definition) is 3. The van der Waals surface area contributed by atoms with Crippen molar-refractivity contribution in [1.82, 2.24) is 14.8 Å². The van der Waals surface area contributed by atoms with Crippen molar-refractivity contribution in [2.75, 3.05) is 5.32 Å². The summed E-state index contributed by atoms with van der Waals surface area (Å²) in [5, 5.41) is 7.88. The molecular formula is C22H17ClN4O. The lowest BCUT2D eigenvalue weighted by atomic mass is 10.1. The molecule has 2 aromatic carbocycles. The summed E-state index contributed by atoms with van der Waals surface area (Å²) in [6, 6.07) is 22.8. The third-order valence-electron chi connectivity index (χ3n) is 4.24. The Morgan fingerprint density at radius 2 is 1.75 bits per heavy atom. The maximum atomic E-state index is 12.4. The SMILES string of the molecule is Cc1cc(-c2ccccc2)n(-c2ccc(C(=O)Nc3ccc(Cl)cn3)cc2)n1. The summed E-state index contributed by atoms with van der Waals surface area (Å²) in [5.41, 5.74) is 4.42. The highest BCUT2D eigenvalue weighted by Gasteiger charge is 2.11. The van der Waals surface area contributed by atoms with E-state index in [1.165, 1.54) is 6.20 Å². The standard InChI is InChI=1S/C22H17ClN4O/c1-15-13-20(16-5-3-2-4-6-16)27(26-15)19-10-7-17(8-11-19)22(28)25-21-12-9-18(23)14-24-21/h2-14H,1H3,(H,24,25,28). The van der Waals surface area contributed by atoms with Gasteiger partial charge in [0, 0.05) is 17.3 Å². The highest BCUT2D eigenvalue weighted by atomic mass is 35.5. The lowest BCUT2D eigenvalue weighted by molar-refractivity contribution is 0.102. The topological polar surface area (TPSA) is 59.8 Å². The number of nitrogens with one attached hydrogen (secondary N) is 1. The molecule has 138 valence electrons. The number of pyridine rings is 1. The third kappa shape index (κ3) is 3.80. The zero-order valence-corrected chi connectivity index (χ0v) is 15.9. The Bertz CT molecular complexity index is 1100. The Morgan fingerprint density at radius 1 is 1.00 bits per heavy atom. The van der Waals surface area contributed by atoms with Crippen LogP contribution in [0.1, 0.15) is 16.1 Å². The van der Waals surface area contributed by atoms with Gasteiger partial charge >= 0.3 is 0 Å². The van der Waals surface area contributed by atoms with Gasteiger partial charge in [-0.15, -0.1) is 0 Å². The second-order valence-electron chi connectivity index (χ2n) is 6.31. The van der Waals surface area contributed by atoms with Gasteiger partial charge in [-0.1, -0.05) is 41.9 Å². The Balaban J connectivity index is 1.59. The minimum absolute atomic E-state index is 0.235. The van der Waals surface area contributed by atoms with Gasteiger partial charge in [-0.3, -0.25) is 4.79 Å². The van der Waals surface area contributed by atoms with E-state index in [4.69, 9.17) is 11.6 Å². The van der Waals surface area contributed by atoms with Crippen molar-refractivity contribution in [3.8, 4) is 16.9 Å². The molecule has 0 radical (unpaired) electrons. The molecule has 0 aliphatic rings. The highest BCUT2D eigenvalue weighted by Crippen LogP contribution is 2.24. The number of benzene rings is 2. The van der Waals surface area contributed by atoms with E-state index in [0.29, 0.717) is 16.4 Å². The van der Waals surface area contributed by atoms with Crippen LogP contribution in [-0.4, -0.2) is 20.7 Å². The van der Waals surface area contributed by atoms with E-state index in [9.17, 15) is 4.79 Å². The van der Waals surface area contributed by atoms with Crippen molar-refractivity contribution in [2.24, 2.45) is 0 Å². The van der Waals surface area contributed by atoms with E-state index < -0.39 is 0 Å². The smallest absolute Gasteiger partial charge is 0.256 e. The predicted octanol–water partition coefficient (Wildman–Crippen LogP) is 5.15. The molecule has 0 saturated heterocycles. The van der Waals surface area contributed by atoms with Crippen LogP contribution in [0.2, 0.25) is 5.02 Å². The molecule has 6 heteroatoms. The fraction of sp³-hybridized carbons (Fsp3) is 0.0455. The summed E-state index contributed by atoms with van der Waals surface area (Å²) >= 11 is 5.82. The molecule has 0 saturated carbocycles. The maximum Gasteiger partial charge on any atom is 0.256 e. The first-order chi connectivity index (χ1) is 13.6. The molecule has 4 aromatic rings. The number of aryl methyl sites for hydroxylation is 1. The van der Waals surface area contributed by atoms with Gasteiger partial charge in [0.1, 0.15) is 5.82 Å². The van der Waals surface area contributed by atoms with Gasteiger partial charge < -0.3 is 5.32 Å². The number of amides is 1. The molecule has 0 fully saturated rings. The first-order valence-corrected chi connectivity index (χ1v) is 9.13. The molecule has 4 rings (SSSR count). The van der Waals surface area contributed by atoms with E-state index in [1.807, 2.05) is 60.1 Å². The van der Waals surface area contributed by atoms with Gasteiger partial charge in [-0.2, -0.15) is 5.10 Å². The molecule has 2 aromatic heterocycles. The minimum Gasteiger partial charge on any atom is -0.307 e. The van der Waals surface area contributed by atoms with E-state index in [1.54, 1.807) is 24.3 Å². The van der Waals surface area contributed by atoms with Crippen LogP contribution in [0.15, 0.2) is 79.0 Å². The summed E-state index contributed by atoms with van der Waals surface area (Å²) in [4.78, 5) is 16.5. The molecule has 1 N–H and O–H groups in total. The van der Waals surface area contributed by atoms with Gasteiger partial charge in [-0.05, 0) is 49.4 Å². The average Bonchev–Trinajstić information content (AvgIpc) is 3.12. The molecule has 2 heterocycles. The summed E-state index contributed by atoms with van der Waals surface area (Å²) in [5.74, 6) is 0.217. The van der Waals surface area contributed by atoms with Crippen LogP contribution in [0, 0.1) is 6.92 Å². The van der Waals surface area contributed by atoms with Crippen LogP contribution in [-0.2, 0) is 0 Å². The van der Waals surface area contributed by atoms with Crippen molar-refractivity contribution in [2.45, 2.75) is 6.92 Å². The summed E-state index contributed by atoms with van der Waals surface area (Å²) < 4.78 is 1.88. The van der Waals surface area contributed by atoms with Gasteiger partial charge in [0.2, 0.25) is 0 Å². The number of nitrogens with zero attached hydrogens (tertiary/aromatic N) is 3. The van der Waals surface area contributed by atoms with Crippen molar-refractivity contribution < 1.29 is 4.79 Å². The van der Waals surface area contributed by atoms with E-state index >= 15 is 0 Å². The number of hydrogen-bond donors (Lipinski definition) is 1. The van der Waals surface area contributed by atoms with Crippen molar-refractivity contribution in [3.05, 3.63) is 95.3 Å². The van der Waals surface area contributed by atoms with E-state index in [2.05, 4.69) is 15.4 Å². The quantitative estimate of drug-likeness (QED) is 0.526. The summed E-state index contributed by atoms with van der Waals surface area (Å²) in [6.45, 7) is 1.96. The fourth-order valence-electron chi connectivity index (χ4n) is 2.90. The second-order valence-corrected chi connectivity index (χ2v) is 6.75. The van der Waals surface area contributed by atoms with Gasteiger partial charge in [0.05, 0.1) is 22.1 Å². The van der Waals surface area contributed by atoms with Crippen LogP contribution < -0.4 is 5.32 Å². The van der Waals surface area contributed by atoms with Crippen molar-refractivity contribution >= 4 is 23.3 Å². The molecule has 0 unspecified atom stereocenters. The number of carbonyl (C=O) groups is 1. The Morgan fingerprint density at radius 3 is 2.43 bits per heavy atom. The average molecular weight is 389 g/mol. The Labute approximate surface area is 167 Å². The van der Waals surface area contributed by atoms with Crippen LogP contribution in [0.3, 0.4) is 0 Å². The van der Waals surface area contributed by atoms with Gasteiger partial charge in [0.15, 0.2) is 0 Å². The first-order valence-electron chi connectivity index (χ1n) is 8.75. The lowest BCUT2D eigenvalue weighted by Gasteiger charge is -2.09. The number of rotatable bonds is 4. The molecule has 1 amide bonds. The molecule has 0 bridgehead atoms. The zero-order valence-electron chi connectivity index (χ0n) is 15.1. The van der Waals surface area contributed by atoms with Crippen LogP contribution in [0.5, 0.6) is 0 Å². The highest BCUT2D eigenvalue weighted by molar-refractivity contribution is 6.30. The lowest BCUT2D eigenvalue weighted by Crippen LogP contribution is -2.13. The molecule has 0 aliphatic heterocycles. The van der Waals surface area contributed by atoms with E-state index in [-0.39, 0.29) is 5.91 Å². The number of anilines is 1. The van der Waals surface area contributed by atoms with Crippen molar-refractivity contribution in [1.29, 1.82) is 0 Å². The fourth-order valence-corrected chi connectivity index (χ4v) is 3.01. The molecular weight excluding hydrogens is 372 g/mol. The summed E-state index contributed by atoms with van der Waals surface area (Å²) in [6.07, 6.45) is 1.49.